The highest BCUT2D eigenvalue weighted by atomic mass is 32.2. The molecular weight excluding hydrogens is 269 g/mol. The normalized spacial score (nSPS) is 22.7. The van der Waals surface area contributed by atoms with E-state index in [9.17, 15) is 21.6 Å². The van der Waals surface area contributed by atoms with Crippen molar-refractivity contribution >= 4 is 10.0 Å². The maximum Gasteiger partial charge on any atom is 0.389 e. The molecule has 0 spiro atoms. The van der Waals surface area contributed by atoms with Crippen molar-refractivity contribution < 1.29 is 21.6 Å². The average molecular weight is 284 g/mol. The number of rotatable bonds is 4. The molecule has 0 N–H and O–H groups in total. The number of nitriles is 1. The van der Waals surface area contributed by atoms with Gasteiger partial charge in [0.2, 0.25) is 10.0 Å². The van der Waals surface area contributed by atoms with Crippen molar-refractivity contribution in [1.82, 2.24) is 4.31 Å². The summed E-state index contributed by atoms with van der Waals surface area (Å²) in [5.74, 6) is -0.551. The molecule has 104 valence electrons. The Labute approximate surface area is 104 Å². The van der Waals surface area contributed by atoms with E-state index in [0.29, 0.717) is 12.8 Å². The molecule has 1 atom stereocenters. The van der Waals surface area contributed by atoms with E-state index >= 15 is 0 Å². The molecule has 0 amide bonds. The third-order valence-corrected chi connectivity index (χ3v) is 4.78. The van der Waals surface area contributed by atoms with E-state index in [1.165, 1.54) is 0 Å². The van der Waals surface area contributed by atoms with Crippen LogP contribution in [0.5, 0.6) is 0 Å². The molecule has 0 aromatic heterocycles. The minimum absolute atomic E-state index is 0.229. The van der Waals surface area contributed by atoms with E-state index in [-0.39, 0.29) is 6.54 Å². The zero-order valence-electron chi connectivity index (χ0n) is 9.78. The number of sulfonamides is 1. The van der Waals surface area contributed by atoms with Crippen molar-refractivity contribution in [2.75, 3.05) is 12.3 Å². The van der Waals surface area contributed by atoms with Gasteiger partial charge in [0.15, 0.2) is 0 Å². The van der Waals surface area contributed by atoms with E-state index < -0.39 is 40.8 Å². The maximum absolute atomic E-state index is 12.0. The SMILES string of the molecule is N#CC1CCCCN1S(=O)(=O)CCCC(F)(F)F. The summed E-state index contributed by atoms with van der Waals surface area (Å²) >= 11 is 0. The molecule has 0 aromatic carbocycles. The Morgan fingerprint density at radius 1 is 1.33 bits per heavy atom. The molecule has 1 aliphatic rings. The number of halogens is 3. The quantitative estimate of drug-likeness (QED) is 0.793. The minimum atomic E-state index is -4.34. The number of alkyl halides is 3. The molecule has 0 radical (unpaired) electrons. The predicted molar refractivity (Wildman–Crippen MR) is 59.0 cm³/mol. The highest BCUT2D eigenvalue weighted by Crippen LogP contribution is 2.24. The van der Waals surface area contributed by atoms with Crippen LogP contribution in [0.4, 0.5) is 13.2 Å². The zero-order valence-corrected chi connectivity index (χ0v) is 10.6. The standard InChI is InChI=1S/C10H15F3N2O2S/c11-10(12,13)5-3-7-18(16,17)15-6-2-1-4-9(15)8-14/h9H,1-7H2. The van der Waals surface area contributed by atoms with Crippen molar-refractivity contribution in [1.29, 1.82) is 5.26 Å². The van der Waals surface area contributed by atoms with Crippen molar-refractivity contribution in [3.8, 4) is 6.07 Å². The monoisotopic (exact) mass is 284 g/mol. The highest BCUT2D eigenvalue weighted by Gasteiger charge is 2.33. The lowest BCUT2D eigenvalue weighted by Gasteiger charge is -2.30. The van der Waals surface area contributed by atoms with E-state index in [4.69, 9.17) is 5.26 Å². The van der Waals surface area contributed by atoms with Gasteiger partial charge in [-0.2, -0.15) is 22.7 Å². The van der Waals surface area contributed by atoms with Gasteiger partial charge in [0, 0.05) is 13.0 Å². The van der Waals surface area contributed by atoms with Crippen molar-refractivity contribution in [3.63, 3.8) is 0 Å². The molecule has 18 heavy (non-hydrogen) atoms. The molecule has 0 aromatic rings. The number of nitrogens with zero attached hydrogens (tertiary/aromatic N) is 2. The van der Waals surface area contributed by atoms with Crippen molar-refractivity contribution in [2.45, 2.75) is 44.3 Å². The van der Waals surface area contributed by atoms with Gasteiger partial charge in [0.1, 0.15) is 6.04 Å². The lowest BCUT2D eigenvalue weighted by Crippen LogP contribution is -2.44. The van der Waals surface area contributed by atoms with Crippen LogP contribution in [0.2, 0.25) is 0 Å². The molecule has 1 aliphatic heterocycles. The van der Waals surface area contributed by atoms with Gasteiger partial charge in [-0.25, -0.2) is 8.42 Å². The summed E-state index contributed by atoms with van der Waals surface area (Å²) < 4.78 is 60.6. The first-order valence-corrected chi connectivity index (χ1v) is 7.33. The Bertz CT molecular complexity index is 414. The van der Waals surface area contributed by atoms with E-state index in [1.807, 2.05) is 6.07 Å². The van der Waals surface area contributed by atoms with E-state index in [2.05, 4.69) is 0 Å². The summed E-state index contributed by atoms with van der Waals surface area (Å²) in [7, 11) is -3.76. The van der Waals surface area contributed by atoms with E-state index in [1.54, 1.807) is 0 Å². The van der Waals surface area contributed by atoms with Crippen LogP contribution in [-0.2, 0) is 10.0 Å². The van der Waals surface area contributed by atoms with Crippen LogP contribution < -0.4 is 0 Å². The Morgan fingerprint density at radius 2 is 2.00 bits per heavy atom. The fourth-order valence-corrected chi connectivity index (χ4v) is 3.63. The van der Waals surface area contributed by atoms with Crippen LogP contribution >= 0.6 is 0 Å². The second-order valence-corrected chi connectivity index (χ2v) is 6.33. The Morgan fingerprint density at radius 3 is 2.56 bits per heavy atom. The average Bonchev–Trinajstić information content (AvgIpc) is 2.27. The highest BCUT2D eigenvalue weighted by molar-refractivity contribution is 7.89. The van der Waals surface area contributed by atoms with Crippen LogP contribution in [0.25, 0.3) is 0 Å². The van der Waals surface area contributed by atoms with Crippen LogP contribution in [0, 0.1) is 11.3 Å². The van der Waals surface area contributed by atoms with Crippen molar-refractivity contribution in [3.05, 3.63) is 0 Å². The lowest BCUT2D eigenvalue weighted by atomic mass is 10.1. The molecule has 8 heteroatoms. The molecule has 0 bridgehead atoms. The Hall–Kier alpha value is -0.810. The van der Waals surface area contributed by atoms with E-state index in [0.717, 1.165) is 10.7 Å². The molecule has 1 heterocycles. The van der Waals surface area contributed by atoms with Gasteiger partial charge in [0.05, 0.1) is 11.8 Å². The summed E-state index contributed by atoms with van der Waals surface area (Å²) in [6.45, 7) is 0.229. The summed E-state index contributed by atoms with van der Waals surface area (Å²) in [4.78, 5) is 0. The minimum Gasteiger partial charge on any atom is -0.212 e. The topological polar surface area (TPSA) is 61.2 Å². The smallest absolute Gasteiger partial charge is 0.212 e. The summed E-state index contributed by atoms with van der Waals surface area (Å²) in [6.07, 6.45) is -4.04. The number of hydrogen-bond acceptors (Lipinski definition) is 3. The van der Waals surface area contributed by atoms with Crippen molar-refractivity contribution in [2.24, 2.45) is 0 Å². The third-order valence-electron chi connectivity index (χ3n) is 2.82. The molecule has 1 rings (SSSR count). The van der Waals surface area contributed by atoms with Gasteiger partial charge in [0.25, 0.3) is 0 Å². The lowest BCUT2D eigenvalue weighted by molar-refractivity contribution is -0.134. The first-order chi connectivity index (χ1) is 8.26. The molecule has 1 unspecified atom stereocenters. The van der Waals surface area contributed by atoms with Crippen LogP contribution in [0.1, 0.15) is 32.1 Å². The summed E-state index contributed by atoms with van der Waals surface area (Å²) in [5, 5.41) is 8.84. The largest absolute Gasteiger partial charge is 0.389 e. The first-order valence-electron chi connectivity index (χ1n) is 5.72. The Kier molecular flexibility index (Phi) is 4.99. The molecule has 0 saturated carbocycles. The van der Waals surface area contributed by atoms with Crippen LogP contribution in [0.15, 0.2) is 0 Å². The second kappa shape index (κ2) is 5.89. The summed E-state index contributed by atoms with van der Waals surface area (Å²) in [5.41, 5.74) is 0. The van der Waals surface area contributed by atoms with Gasteiger partial charge in [-0.3, -0.25) is 0 Å². The molecule has 4 nitrogen and oxygen atoms in total. The predicted octanol–water partition coefficient (Wildman–Crippen LogP) is 2.04. The van der Waals surface area contributed by atoms with Gasteiger partial charge in [-0.05, 0) is 25.7 Å². The van der Waals surface area contributed by atoms with Gasteiger partial charge >= 0.3 is 6.18 Å². The summed E-state index contributed by atoms with van der Waals surface area (Å²) in [6, 6.07) is 1.16. The Balaban J connectivity index is 2.60. The van der Waals surface area contributed by atoms with Gasteiger partial charge in [-0.15, -0.1) is 0 Å². The molecular formula is C10H15F3N2O2S. The van der Waals surface area contributed by atoms with Crippen LogP contribution in [-0.4, -0.2) is 37.2 Å². The maximum atomic E-state index is 12.0. The molecule has 1 fully saturated rings. The fraction of sp³-hybridized carbons (Fsp3) is 0.900. The first kappa shape index (κ1) is 15.2. The second-order valence-electron chi connectivity index (χ2n) is 4.29. The van der Waals surface area contributed by atoms with Gasteiger partial charge < -0.3 is 0 Å². The zero-order chi connectivity index (χ0) is 13.8. The third kappa shape index (κ3) is 4.46. The number of hydrogen-bond donors (Lipinski definition) is 0. The molecule has 0 aliphatic carbocycles. The molecule has 1 saturated heterocycles. The van der Waals surface area contributed by atoms with Crippen LogP contribution in [0.3, 0.4) is 0 Å². The fourth-order valence-electron chi connectivity index (χ4n) is 1.94. The van der Waals surface area contributed by atoms with Gasteiger partial charge in [-0.1, -0.05) is 0 Å². The number of piperidine rings is 1.